The molecule has 0 amide bonds. The van der Waals surface area contributed by atoms with Gasteiger partial charge in [0.15, 0.2) is 0 Å². The average Bonchev–Trinajstić information content (AvgIpc) is 2.53. The van der Waals surface area contributed by atoms with Crippen LogP contribution in [0.4, 0.5) is 13.2 Å². The molecule has 25 heavy (non-hydrogen) atoms. The van der Waals surface area contributed by atoms with Gasteiger partial charge in [-0.05, 0) is 17.7 Å². The van der Waals surface area contributed by atoms with Gasteiger partial charge in [-0.25, -0.2) is 0 Å². The number of rotatable bonds is 6. The first-order chi connectivity index (χ1) is 11.3. The summed E-state index contributed by atoms with van der Waals surface area (Å²) in [6.07, 6.45) is -5.40. The van der Waals surface area contributed by atoms with Gasteiger partial charge in [0, 0.05) is 18.1 Å². The normalized spacial score (nSPS) is 13.5. The maximum atomic E-state index is 12.3. The summed E-state index contributed by atoms with van der Waals surface area (Å²) in [4.78, 5) is 0. The molecule has 0 radical (unpaired) electrons. The number of alkyl halides is 3. The summed E-state index contributed by atoms with van der Waals surface area (Å²) in [5.41, 5.74) is 7.35. The highest BCUT2D eigenvalue weighted by atomic mass is 35.5. The van der Waals surface area contributed by atoms with Gasteiger partial charge in [0.05, 0.1) is 19.3 Å². The monoisotopic (exact) mass is 377 g/mol. The fourth-order valence-electron chi connectivity index (χ4n) is 2.35. The molecule has 0 bridgehead atoms. The third-order valence-electron chi connectivity index (χ3n) is 3.50. The number of methoxy groups -OCH3 is 1. The lowest BCUT2D eigenvalue weighted by Gasteiger charge is -2.22. The molecule has 2 aromatic rings. The molecule has 2 aromatic carbocycles. The Bertz CT molecular complexity index is 668. The van der Waals surface area contributed by atoms with Crippen molar-refractivity contribution in [3.05, 3.63) is 59.7 Å². The molecule has 0 saturated heterocycles. The third kappa shape index (κ3) is 6.12. The van der Waals surface area contributed by atoms with Gasteiger partial charge in [0.25, 0.3) is 0 Å². The first-order valence-electron chi connectivity index (χ1n) is 7.21. The summed E-state index contributed by atoms with van der Waals surface area (Å²) in [6.45, 7) is 0. The van der Waals surface area contributed by atoms with E-state index in [1.807, 2.05) is 30.3 Å². The summed E-state index contributed by atoms with van der Waals surface area (Å²) >= 11 is 0. The number of nitrogens with two attached hydrogens (primary N) is 1. The Balaban J connectivity index is 0.00000312. The van der Waals surface area contributed by atoms with Crippen LogP contribution in [0, 0.1) is 0 Å². The maximum absolute atomic E-state index is 12.3. The number of benzene rings is 2. The van der Waals surface area contributed by atoms with Crippen LogP contribution in [-0.4, -0.2) is 24.7 Å². The van der Waals surface area contributed by atoms with E-state index >= 15 is 0 Å². The minimum Gasteiger partial charge on any atom is -0.496 e. The first kappa shape index (κ1) is 21.1. The Morgan fingerprint density at radius 3 is 2.32 bits per heavy atom. The zero-order valence-electron chi connectivity index (χ0n) is 13.4. The summed E-state index contributed by atoms with van der Waals surface area (Å²) in [5.74, 6) is -0.288. The fraction of sp³-hybridized carbons (Fsp3) is 0.294. The molecule has 0 unspecified atom stereocenters. The van der Waals surface area contributed by atoms with Crippen molar-refractivity contribution >= 4 is 12.4 Å². The zero-order valence-corrected chi connectivity index (χ0v) is 14.2. The predicted octanol–water partition coefficient (Wildman–Crippen LogP) is 3.62. The van der Waals surface area contributed by atoms with E-state index in [0.717, 1.165) is 17.7 Å². The van der Waals surface area contributed by atoms with Crippen molar-refractivity contribution in [3.8, 4) is 11.5 Å². The number of halogens is 4. The van der Waals surface area contributed by atoms with Crippen molar-refractivity contribution in [2.45, 2.75) is 24.9 Å². The number of aliphatic hydroxyl groups is 1. The van der Waals surface area contributed by atoms with E-state index < -0.39 is 24.3 Å². The third-order valence-corrected chi connectivity index (χ3v) is 3.50. The molecule has 138 valence electrons. The lowest BCUT2D eigenvalue weighted by atomic mass is 9.96. The molecule has 0 aliphatic carbocycles. The summed E-state index contributed by atoms with van der Waals surface area (Å²) < 4.78 is 45.8. The molecule has 0 heterocycles. The molecule has 0 fully saturated rings. The van der Waals surface area contributed by atoms with Crippen LogP contribution in [0.15, 0.2) is 48.5 Å². The molecule has 0 aliphatic rings. The summed E-state index contributed by atoms with van der Waals surface area (Å²) in [6, 6.07) is 12.0. The summed E-state index contributed by atoms with van der Waals surface area (Å²) in [5, 5.41) is 10.3. The van der Waals surface area contributed by atoms with Gasteiger partial charge < -0.3 is 20.3 Å². The van der Waals surface area contributed by atoms with Crippen LogP contribution in [0.3, 0.4) is 0 Å². The van der Waals surface area contributed by atoms with Crippen LogP contribution in [0.1, 0.15) is 17.2 Å². The summed E-state index contributed by atoms with van der Waals surface area (Å²) in [7, 11) is 1.31. The van der Waals surface area contributed by atoms with E-state index in [1.165, 1.54) is 13.2 Å². The first-order valence-corrected chi connectivity index (χ1v) is 7.21. The second-order valence-electron chi connectivity index (χ2n) is 5.23. The van der Waals surface area contributed by atoms with E-state index in [-0.39, 0.29) is 18.2 Å². The lowest BCUT2D eigenvalue weighted by molar-refractivity contribution is -0.274. The molecule has 2 rings (SSSR count). The minimum absolute atomic E-state index is 0. The van der Waals surface area contributed by atoms with Gasteiger partial charge in [0.2, 0.25) is 0 Å². The molecule has 0 spiro atoms. The Labute approximate surface area is 149 Å². The molecular formula is C17H19ClF3NO3. The Kier molecular flexibility index (Phi) is 7.54. The van der Waals surface area contributed by atoms with Crippen molar-refractivity contribution in [2.24, 2.45) is 5.73 Å². The largest absolute Gasteiger partial charge is 0.573 e. The SMILES string of the molecule is COc1cc(OC(F)(F)F)ccc1[C@@H](N)[C@@H](O)Cc1ccccc1.Cl. The van der Waals surface area contributed by atoms with Crippen molar-refractivity contribution < 1.29 is 27.8 Å². The quantitative estimate of drug-likeness (QED) is 0.807. The lowest BCUT2D eigenvalue weighted by Crippen LogP contribution is -2.28. The van der Waals surface area contributed by atoms with Gasteiger partial charge in [0.1, 0.15) is 11.5 Å². The van der Waals surface area contributed by atoms with Crippen LogP contribution in [0.25, 0.3) is 0 Å². The second-order valence-corrected chi connectivity index (χ2v) is 5.23. The maximum Gasteiger partial charge on any atom is 0.573 e. The van der Waals surface area contributed by atoms with Gasteiger partial charge >= 0.3 is 6.36 Å². The molecule has 3 N–H and O–H groups in total. The van der Waals surface area contributed by atoms with E-state index in [9.17, 15) is 18.3 Å². The van der Waals surface area contributed by atoms with Crippen LogP contribution >= 0.6 is 12.4 Å². The van der Waals surface area contributed by atoms with Crippen LogP contribution in [0.2, 0.25) is 0 Å². The fourth-order valence-corrected chi connectivity index (χ4v) is 2.35. The number of hydrogen-bond donors (Lipinski definition) is 2. The van der Waals surface area contributed by atoms with E-state index in [4.69, 9.17) is 10.5 Å². The van der Waals surface area contributed by atoms with Gasteiger partial charge in [-0.2, -0.15) is 0 Å². The zero-order chi connectivity index (χ0) is 17.7. The van der Waals surface area contributed by atoms with Crippen LogP contribution in [-0.2, 0) is 6.42 Å². The number of hydrogen-bond acceptors (Lipinski definition) is 4. The Morgan fingerprint density at radius 2 is 1.76 bits per heavy atom. The van der Waals surface area contributed by atoms with Gasteiger partial charge in [-0.3, -0.25) is 0 Å². The Hall–Kier alpha value is -1.96. The molecule has 0 aromatic heterocycles. The highest BCUT2D eigenvalue weighted by molar-refractivity contribution is 5.85. The van der Waals surface area contributed by atoms with Gasteiger partial charge in [-0.1, -0.05) is 30.3 Å². The standard InChI is InChI=1S/C17H18F3NO3.ClH/c1-23-15-10-12(24-17(18,19)20)7-8-13(15)16(21)14(22)9-11-5-3-2-4-6-11;/h2-8,10,14,16,22H,9,21H2,1H3;1H/t14-,16+;/m0./s1. The van der Waals surface area contributed by atoms with Crippen molar-refractivity contribution in [1.29, 1.82) is 0 Å². The molecule has 0 saturated carbocycles. The average molecular weight is 378 g/mol. The Morgan fingerprint density at radius 1 is 1.12 bits per heavy atom. The van der Waals surface area contributed by atoms with Gasteiger partial charge in [-0.15, -0.1) is 25.6 Å². The van der Waals surface area contributed by atoms with Crippen molar-refractivity contribution in [2.75, 3.05) is 7.11 Å². The molecule has 0 aliphatic heterocycles. The molecule has 4 nitrogen and oxygen atoms in total. The topological polar surface area (TPSA) is 64.7 Å². The number of aliphatic hydroxyl groups excluding tert-OH is 1. The van der Waals surface area contributed by atoms with E-state index in [2.05, 4.69) is 4.74 Å². The number of ether oxygens (including phenoxy) is 2. The van der Waals surface area contributed by atoms with Crippen molar-refractivity contribution in [1.82, 2.24) is 0 Å². The highest BCUT2D eigenvalue weighted by Gasteiger charge is 2.31. The predicted molar refractivity (Wildman–Crippen MR) is 90.0 cm³/mol. The highest BCUT2D eigenvalue weighted by Crippen LogP contribution is 2.33. The smallest absolute Gasteiger partial charge is 0.496 e. The van der Waals surface area contributed by atoms with Crippen LogP contribution < -0.4 is 15.2 Å². The van der Waals surface area contributed by atoms with Crippen molar-refractivity contribution in [3.63, 3.8) is 0 Å². The molecule has 2 atom stereocenters. The van der Waals surface area contributed by atoms with Crippen LogP contribution in [0.5, 0.6) is 11.5 Å². The van der Waals surface area contributed by atoms with E-state index in [1.54, 1.807) is 0 Å². The molecule has 8 heteroatoms. The minimum atomic E-state index is -4.79. The molecular weight excluding hydrogens is 359 g/mol. The second kappa shape index (κ2) is 8.94. The van der Waals surface area contributed by atoms with E-state index in [0.29, 0.717) is 12.0 Å².